The van der Waals surface area contributed by atoms with E-state index in [-0.39, 0.29) is 11.9 Å². The van der Waals surface area contributed by atoms with E-state index in [1.54, 1.807) is 0 Å². The van der Waals surface area contributed by atoms with E-state index in [1.807, 2.05) is 6.92 Å². The molecule has 3 nitrogen and oxygen atoms in total. The van der Waals surface area contributed by atoms with Gasteiger partial charge in [-0.05, 0) is 42.6 Å². The molecule has 0 aromatic heterocycles. The molecule has 1 atom stereocenters. The van der Waals surface area contributed by atoms with Crippen LogP contribution in [-0.2, 0) is 16.1 Å². The molecule has 1 saturated heterocycles. The summed E-state index contributed by atoms with van der Waals surface area (Å²) in [7, 11) is 0. The van der Waals surface area contributed by atoms with Gasteiger partial charge in [0.1, 0.15) is 0 Å². The van der Waals surface area contributed by atoms with Crippen LogP contribution in [0.4, 0.5) is 0 Å². The van der Waals surface area contributed by atoms with Crippen molar-refractivity contribution in [2.75, 3.05) is 19.7 Å². The molecule has 1 aliphatic rings. The minimum absolute atomic E-state index is 0.0312. The van der Waals surface area contributed by atoms with Gasteiger partial charge < -0.3 is 4.74 Å². The highest BCUT2D eigenvalue weighted by Crippen LogP contribution is 2.23. The Morgan fingerprint density at radius 1 is 1.23 bits per heavy atom. The molecule has 0 N–H and O–H groups in total. The Labute approximate surface area is 131 Å². The minimum atomic E-state index is -0.0369. The summed E-state index contributed by atoms with van der Waals surface area (Å²) < 4.78 is 5.18. The number of esters is 1. The van der Waals surface area contributed by atoms with Crippen molar-refractivity contribution >= 4 is 16.7 Å². The fourth-order valence-electron chi connectivity index (χ4n) is 3.32. The summed E-state index contributed by atoms with van der Waals surface area (Å²) in [6.07, 6.45) is 2.01. The number of hydrogen-bond donors (Lipinski definition) is 0. The number of ether oxygens (including phenoxy) is 1. The number of piperidine rings is 1. The molecule has 22 heavy (non-hydrogen) atoms. The Morgan fingerprint density at radius 3 is 2.91 bits per heavy atom. The zero-order chi connectivity index (χ0) is 15.4. The summed E-state index contributed by atoms with van der Waals surface area (Å²) >= 11 is 0. The molecule has 0 radical (unpaired) electrons. The molecule has 1 fully saturated rings. The van der Waals surface area contributed by atoms with Gasteiger partial charge in [0.25, 0.3) is 0 Å². The van der Waals surface area contributed by atoms with Gasteiger partial charge in [-0.3, -0.25) is 9.69 Å². The Morgan fingerprint density at radius 2 is 2.05 bits per heavy atom. The van der Waals surface area contributed by atoms with E-state index >= 15 is 0 Å². The van der Waals surface area contributed by atoms with Gasteiger partial charge >= 0.3 is 5.97 Å². The van der Waals surface area contributed by atoms with Crippen LogP contribution in [0.3, 0.4) is 0 Å². The highest BCUT2D eigenvalue weighted by atomic mass is 16.5. The molecule has 1 aliphatic heterocycles. The first-order valence-electron chi connectivity index (χ1n) is 8.13. The molecule has 0 aliphatic carbocycles. The van der Waals surface area contributed by atoms with Crippen LogP contribution in [0.2, 0.25) is 0 Å². The van der Waals surface area contributed by atoms with Gasteiger partial charge in [-0.25, -0.2) is 0 Å². The third-order valence-electron chi connectivity index (χ3n) is 4.40. The van der Waals surface area contributed by atoms with Gasteiger partial charge in [0, 0.05) is 13.1 Å². The molecular formula is C19H23NO2. The van der Waals surface area contributed by atoms with Gasteiger partial charge in [-0.1, -0.05) is 42.5 Å². The van der Waals surface area contributed by atoms with Crippen molar-refractivity contribution in [2.45, 2.75) is 26.3 Å². The second-order valence-electron chi connectivity index (χ2n) is 5.96. The van der Waals surface area contributed by atoms with Crippen molar-refractivity contribution in [3.63, 3.8) is 0 Å². The predicted molar refractivity (Wildman–Crippen MR) is 88.6 cm³/mol. The minimum Gasteiger partial charge on any atom is -0.466 e. The Kier molecular flexibility index (Phi) is 4.74. The van der Waals surface area contributed by atoms with E-state index in [0.717, 1.165) is 32.5 Å². The molecule has 116 valence electrons. The predicted octanol–water partition coefficient (Wildman–Crippen LogP) is 3.61. The average Bonchev–Trinajstić information content (AvgIpc) is 2.56. The molecule has 2 aromatic carbocycles. The summed E-state index contributed by atoms with van der Waals surface area (Å²) in [5, 5.41) is 2.59. The summed E-state index contributed by atoms with van der Waals surface area (Å²) in [4.78, 5) is 14.3. The van der Waals surface area contributed by atoms with Crippen molar-refractivity contribution in [1.29, 1.82) is 0 Å². The Hall–Kier alpha value is -1.87. The second kappa shape index (κ2) is 6.93. The number of likely N-dealkylation sites (tertiary alicyclic amines) is 1. The van der Waals surface area contributed by atoms with Crippen LogP contribution >= 0.6 is 0 Å². The molecule has 3 heteroatoms. The molecule has 0 amide bonds. The van der Waals surface area contributed by atoms with E-state index in [9.17, 15) is 4.79 Å². The van der Waals surface area contributed by atoms with Crippen LogP contribution in [-0.4, -0.2) is 30.6 Å². The molecule has 1 heterocycles. The van der Waals surface area contributed by atoms with Crippen molar-refractivity contribution in [3.8, 4) is 0 Å². The van der Waals surface area contributed by atoms with E-state index in [1.165, 1.54) is 16.3 Å². The largest absolute Gasteiger partial charge is 0.466 e. The second-order valence-corrected chi connectivity index (χ2v) is 5.96. The third-order valence-corrected chi connectivity index (χ3v) is 4.40. The van der Waals surface area contributed by atoms with Crippen molar-refractivity contribution in [3.05, 3.63) is 48.0 Å². The van der Waals surface area contributed by atoms with Crippen molar-refractivity contribution < 1.29 is 9.53 Å². The number of fused-ring (bicyclic) bond motifs is 1. The maximum absolute atomic E-state index is 12.0. The number of benzene rings is 2. The molecule has 0 bridgehead atoms. The lowest BCUT2D eigenvalue weighted by molar-refractivity contribution is -0.150. The summed E-state index contributed by atoms with van der Waals surface area (Å²) in [5.74, 6) is -0.00574. The van der Waals surface area contributed by atoms with Crippen LogP contribution in [0.15, 0.2) is 42.5 Å². The Balaban J connectivity index is 1.73. The van der Waals surface area contributed by atoms with Crippen molar-refractivity contribution in [2.24, 2.45) is 5.92 Å². The Bertz CT molecular complexity index is 647. The molecule has 0 saturated carbocycles. The maximum atomic E-state index is 12.0. The van der Waals surface area contributed by atoms with E-state index in [2.05, 4.69) is 47.4 Å². The van der Waals surface area contributed by atoms with Crippen LogP contribution in [0.25, 0.3) is 10.8 Å². The highest BCUT2D eigenvalue weighted by Gasteiger charge is 2.26. The smallest absolute Gasteiger partial charge is 0.310 e. The fourth-order valence-corrected chi connectivity index (χ4v) is 3.32. The van der Waals surface area contributed by atoms with E-state index < -0.39 is 0 Å². The lowest BCUT2D eigenvalue weighted by Gasteiger charge is -2.31. The first kappa shape index (κ1) is 15.0. The molecule has 3 rings (SSSR count). The molecule has 0 spiro atoms. The number of carbonyl (C=O) groups excluding carboxylic acids is 1. The zero-order valence-electron chi connectivity index (χ0n) is 13.1. The maximum Gasteiger partial charge on any atom is 0.310 e. The van der Waals surface area contributed by atoms with Gasteiger partial charge in [0.15, 0.2) is 0 Å². The summed E-state index contributed by atoms with van der Waals surface area (Å²) in [6.45, 7) is 5.10. The SMILES string of the molecule is CCOC(=O)[C@H]1CCCN(Cc2cccc3ccccc23)C1. The normalized spacial score (nSPS) is 19.2. The number of rotatable bonds is 4. The van der Waals surface area contributed by atoms with Crippen LogP contribution in [0, 0.1) is 5.92 Å². The fraction of sp³-hybridized carbons (Fsp3) is 0.421. The number of hydrogen-bond acceptors (Lipinski definition) is 3. The van der Waals surface area contributed by atoms with Gasteiger partial charge in [-0.2, -0.15) is 0 Å². The van der Waals surface area contributed by atoms with Gasteiger partial charge in [-0.15, -0.1) is 0 Å². The topological polar surface area (TPSA) is 29.5 Å². The van der Waals surface area contributed by atoms with Crippen LogP contribution < -0.4 is 0 Å². The first-order chi connectivity index (χ1) is 10.8. The lowest BCUT2D eigenvalue weighted by Crippen LogP contribution is -2.38. The standard InChI is InChI=1S/C19H23NO2/c1-2-22-19(21)17-10-6-12-20(14-17)13-16-9-5-8-15-7-3-4-11-18(15)16/h3-5,7-9,11,17H,2,6,10,12-14H2,1H3/t17-/m0/s1. The number of nitrogens with zero attached hydrogens (tertiary/aromatic N) is 1. The first-order valence-corrected chi connectivity index (χ1v) is 8.13. The van der Waals surface area contributed by atoms with Crippen LogP contribution in [0.5, 0.6) is 0 Å². The monoisotopic (exact) mass is 297 g/mol. The summed E-state index contributed by atoms with van der Waals surface area (Å²) in [5.41, 5.74) is 1.34. The van der Waals surface area contributed by atoms with Gasteiger partial charge in [0.05, 0.1) is 12.5 Å². The summed E-state index contributed by atoms with van der Waals surface area (Å²) in [6, 6.07) is 14.9. The molecule has 2 aromatic rings. The van der Waals surface area contributed by atoms with E-state index in [4.69, 9.17) is 4.74 Å². The quantitative estimate of drug-likeness (QED) is 0.807. The van der Waals surface area contributed by atoms with Crippen LogP contribution in [0.1, 0.15) is 25.3 Å². The zero-order valence-corrected chi connectivity index (χ0v) is 13.1. The third kappa shape index (κ3) is 3.30. The van der Waals surface area contributed by atoms with E-state index in [0.29, 0.717) is 6.61 Å². The molecule has 0 unspecified atom stereocenters. The van der Waals surface area contributed by atoms with Crippen molar-refractivity contribution in [1.82, 2.24) is 4.90 Å². The van der Waals surface area contributed by atoms with Gasteiger partial charge in [0.2, 0.25) is 0 Å². The lowest BCUT2D eigenvalue weighted by atomic mass is 9.97. The molecular weight excluding hydrogens is 274 g/mol. The highest BCUT2D eigenvalue weighted by molar-refractivity contribution is 5.85. The average molecular weight is 297 g/mol. The number of carbonyl (C=O) groups is 1.